The maximum atomic E-state index is 12.6. The van der Waals surface area contributed by atoms with Crippen molar-refractivity contribution in [3.63, 3.8) is 0 Å². The van der Waals surface area contributed by atoms with E-state index < -0.39 is 0 Å². The Morgan fingerprint density at radius 3 is 2.63 bits per heavy atom. The van der Waals surface area contributed by atoms with Gasteiger partial charge in [0.2, 0.25) is 0 Å². The van der Waals surface area contributed by atoms with E-state index in [1.54, 1.807) is 4.57 Å². The minimum absolute atomic E-state index is 0.0495. The van der Waals surface area contributed by atoms with Crippen LogP contribution in [0, 0.1) is 6.92 Å². The Balaban J connectivity index is 2.34. The highest BCUT2D eigenvalue weighted by molar-refractivity contribution is 8.00. The van der Waals surface area contributed by atoms with Crippen LogP contribution in [0.4, 0.5) is 0 Å². The number of rotatable bonds is 2. The van der Waals surface area contributed by atoms with Gasteiger partial charge in [-0.25, -0.2) is 9.97 Å². The van der Waals surface area contributed by atoms with Crippen LogP contribution in [0.25, 0.3) is 16.0 Å². The van der Waals surface area contributed by atoms with E-state index in [2.05, 4.69) is 9.97 Å². The number of thioether (sulfide) groups is 1. The van der Waals surface area contributed by atoms with E-state index in [0.717, 1.165) is 10.0 Å². The van der Waals surface area contributed by atoms with Gasteiger partial charge in [-0.1, -0.05) is 30.0 Å². The highest BCUT2D eigenvalue weighted by Gasteiger charge is 2.13. The Hall–Kier alpha value is -1.66. The highest BCUT2D eigenvalue weighted by Crippen LogP contribution is 2.25. The number of hydrogen-bond donors (Lipinski definition) is 0. The summed E-state index contributed by atoms with van der Waals surface area (Å²) in [4.78, 5) is 21.3. The van der Waals surface area contributed by atoms with Crippen LogP contribution in [0.3, 0.4) is 0 Å². The average molecular weight is 289 g/mol. The fourth-order valence-electron chi connectivity index (χ4n) is 1.93. The van der Waals surface area contributed by atoms with Gasteiger partial charge in [0.05, 0.1) is 5.69 Å². The van der Waals surface area contributed by atoms with Crippen molar-refractivity contribution in [2.75, 3.05) is 6.26 Å². The van der Waals surface area contributed by atoms with Crippen molar-refractivity contribution in [2.45, 2.75) is 11.3 Å². The summed E-state index contributed by atoms with van der Waals surface area (Å²) in [7, 11) is 0. The third kappa shape index (κ3) is 2.06. The third-order valence-corrected chi connectivity index (χ3v) is 4.79. The lowest BCUT2D eigenvalue weighted by molar-refractivity contribution is 0.892. The van der Waals surface area contributed by atoms with Gasteiger partial charge in [0.1, 0.15) is 10.5 Å². The van der Waals surface area contributed by atoms with E-state index >= 15 is 0 Å². The second-order valence-electron chi connectivity index (χ2n) is 3.97. The lowest BCUT2D eigenvalue weighted by Gasteiger charge is -2.08. The summed E-state index contributed by atoms with van der Waals surface area (Å²) >= 11 is 2.93. The summed E-state index contributed by atoms with van der Waals surface area (Å²) in [5.74, 6) is 0.654. The standard InChI is InChI=1S/C13H11N3OS2/c1-8-14-11-10(19-13(15-11)18-2)12(17)16(8)9-6-4-3-5-7-9/h3-7H,1-2H3. The van der Waals surface area contributed by atoms with Crippen LogP contribution in [-0.4, -0.2) is 20.8 Å². The van der Waals surface area contributed by atoms with Gasteiger partial charge in [-0.05, 0) is 25.3 Å². The molecule has 0 saturated carbocycles. The predicted molar refractivity (Wildman–Crippen MR) is 79.5 cm³/mol. The van der Waals surface area contributed by atoms with Crippen molar-refractivity contribution in [1.29, 1.82) is 0 Å². The molecule has 0 radical (unpaired) electrons. The van der Waals surface area contributed by atoms with Crippen LogP contribution in [0.5, 0.6) is 0 Å². The van der Waals surface area contributed by atoms with Gasteiger partial charge in [-0.3, -0.25) is 9.36 Å². The predicted octanol–water partition coefficient (Wildman–Crippen LogP) is 2.87. The summed E-state index contributed by atoms with van der Waals surface area (Å²) < 4.78 is 3.11. The zero-order chi connectivity index (χ0) is 13.4. The molecule has 0 aliphatic heterocycles. The second kappa shape index (κ2) is 4.79. The van der Waals surface area contributed by atoms with Crippen molar-refractivity contribution < 1.29 is 0 Å². The Morgan fingerprint density at radius 1 is 1.21 bits per heavy atom. The van der Waals surface area contributed by atoms with Crippen molar-refractivity contribution in [3.8, 4) is 5.69 Å². The smallest absolute Gasteiger partial charge is 0.267 e. The number of aryl methyl sites for hydroxylation is 1. The molecule has 3 rings (SSSR count). The Kier molecular flexibility index (Phi) is 3.12. The number of para-hydroxylation sites is 1. The number of nitrogens with zero attached hydrogens (tertiary/aromatic N) is 3. The van der Waals surface area contributed by atoms with Gasteiger partial charge in [-0.2, -0.15) is 0 Å². The molecule has 0 aliphatic carbocycles. The minimum Gasteiger partial charge on any atom is -0.267 e. The molecular weight excluding hydrogens is 278 g/mol. The number of benzene rings is 1. The van der Waals surface area contributed by atoms with Crippen LogP contribution >= 0.6 is 23.1 Å². The lowest BCUT2D eigenvalue weighted by Crippen LogP contribution is -2.21. The molecule has 6 heteroatoms. The molecule has 0 fully saturated rings. The van der Waals surface area contributed by atoms with E-state index in [4.69, 9.17) is 0 Å². The van der Waals surface area contributed by atoms with E-state index in [1.165, 1.54) is 23.1 Å². The second-order valence-corrected chi connectivity index (χ2v) is 6.02. The number of hydrogen-bond acceptors (Lipinski definition) is 5. The molecule has 0 bridgehead atoms. The Morgan fingerprint density at radius 2 is 1.95 bits per heavy atom. The molecule has 19 heavy (non-hydrogen) atoms. The molecule has 0 saturated heterocycles. The van der Waals surface area contributed by atoms with E-state index in [1.807, 2.05) is 43.5 Å². The molecule has 0 unspecified atom stereocenters. The zero-order valence-corrected chi connectivity index (χ0v) is 12.1. The summed E-state index contributed by atoms with van der Waals surface area (Å²) in [5.41, 5.74) is 1.33. The first-order valence-electron chi connectivity index (χ1n) is 5.70. The molecule has 3 aromatic rings. The first-order valence-corrected chi connectivity index (χ1v) is 7.74. The van der Waals surface area contributed by atoms with Crippen molar-refractivity contribution in [2.24, 2.45) is 0 Å². The van der Waals surface area contributed by atoms with Crippen LogP contribution in [0.2, 0.25) is 0 Å². The zero-order valence-electron chi connectivity index (χ0n) is 10.5. The molecule has 2 aromatic heterocycles. The van der Waals surface area contributed by atoms with Crippen LogP contribution in [0.1, 0.15) is 5.82 Å². The number of aromatic nitrogens is 3. The summed E-state index contributed by atoms with van der Waals surface area (Å²) in [6, 6.07) is 9.54. The molecule has 0 spiro atoms. The van der Waals surface area contributed by atoms with Gasteiger partial charge in [-0.15, -0.1) is 11.3 Å². The summed E-state index contributed by atoms with van der Waals surface area (Å²) in [6.45, 7) is 1.83. The maximum Gasteiger partial charge on any atom is 0.277 e. The quantitative estimate of drug-likeness (QED) is 0.681. The fraction of sp³-hybridized carbons (Fsp3) is 0.154. The van der Waals surface area contributed by atoms with Gasteiger partial charge < -0.3 is 0 Å². The monoisotopic (exact) mass is 289 g/mol. The van der Waals surface area contributed by atoms with E-state index in [0.29, 0.717) is 16.2 Å². The molecule has 96 valence electrons. The van der Waals surface area contributed by atoms with Gasteiger partial charge in [0.25, 0.3) is 5.56 Å². The molecule has 2 heterocycles. The minimum atomic E-state index is -0.0495. The van der Waals surface area contributed by atoms with Crippen molar-refractivity contribution in [3.05, 3.63) is 46.5 Å². The van der Waals surface area contributed by atoms with Gasteiger partial charge >= 0.3 is 0 Å². The first kappa shape index (κ1) is 12.4. The normalized spacial score (nSPS) is 11.1. The van der Waals surface area contributed by atoms with Crippen LogP contribution in [0.15, 0.2) is 39.5 Å². The molecule has 0 N–H and O–H groups in total. The third-order valence-electron chi connectivity index (χ3n) is 2.77. The molecule has 1 aromatic carbocycles. The molecular formula is C13H11N3OS2. The van der Waals surface area contributed by atoms with E-state index in [9.17, 15) is 4.79 Å². The molecule has 4 nitrogen and oxygen atoms in total. The largest absolute Gasteiger partial charge is 0.277 e. The Bertz CT molecular complexity index is 793. The van der Waals surface area contributed by atoms with Gasteiger partial charge in [0, 0.05) is 0 Å². The van der Waals surface area contributed by atoms with Crippen molar-refractivity contribution in [1.82, 2.24) is 14.5 Å². The van der Waals surface area contributed by atoms with E-state index in [-0.39, 0.29) is 5.56 Å². The highest BCUT2D eigenvalue weighted by atomic mass is 32.2. The molecule has 0 amide bonds. The lowest BCUT2D eigenvalue weighted by atomic mass is 10.3. The first-order chi connectivity index (χ1) is 9.20. The number of fused-ring (bicyclic) bond motifs is 1. The van der Waals surface area contributed by atoms with Gasteiger partial charge in [0.15, 0.2) is 9.99 Å². The SMILES string of the molecule is CSc1nc2nc(C)n(-c3ccccc3)c(=O)c2s1. The molecule has 0 atom stereocenters. The molecule has 0 aliphatic rings. The van der Waals surface area contributed by atoms with Crippen LogP contribution < -0.4 is 5.56 Å². The average Bonchev–Trinajstić information content (AvgIpc) is 2.83. The van der Waals surface area contributed by atoms with Crippen molar-refractivity contribution >= 4 is 33.4 Å². The summed E-state index contributed by atoms with van der Waals surface area (Å²) in [5, 5.41) is 0. The summed E-state index contributed by atoms with van der Waals surface area (Å²) in [6.07, 6.45) is 1.94. The topological polar surface area (TPSA) is 47.8 Å². The number of thiazole rings is 1. The fourth-order valence-corrected chi connectivity index (χ4v) is 3.36. The Labute approximate surface area is 118 Å². The van der Waals surface area contributed by atoms with Crippen LogP contribution in [-0.2, 0) is 0 Å². The maximum absolute atomic E-state index is 12.6.